The Balaban J connectivity index is 3.38. The van der Waals surface area contributed by atoms with Crippen LogP contribution in [0.15, 0.2) is 6.20 Å². The molecule has 0 saturated carbocycles. The zero-order valence-electron chi connectivity index (χ0n) is 13.6. The molecule has 23 heavy (non-hydrogen) atoms. The molecule has 1 amide bonds. The maximum Gasteiger partial charge on any atom is 0.344 e. The highest BCUT2D eigenvalue weighted by atomic mass is 16.6. The second kappa shape index (κ2) is 7.61. The largest absolute Gasteiger partial charge is 0.464 e. The minimum absolute atomic E-state index is 0.0109. The highest BCUT2D eigenvalue weighted by Gasteiger charge is 2.51. The molecule has 0 saturated heterocycles. The van der Waals surface area contributed by atoms with Crippen molar-refractivity contribution in [2.45, 2.75) is 39.7 Å². The molecule has 1 rings (SSSR count). The molecule has 0 aliphatic carbocycles. The summed E-state index contributed by atoms with van der Waals surface area (Å²) in [5.74, 6) is -2.55. The molecule has 1 aromatic rings. The predicted octanol–water partition coefficient (Wildman–Crippen LogP) is -0.0276. The van der Waals surface area contributed by atoms with Gasteiger partial charge in [0, 0.05) is 13.3 Å². The summed E-state index contributed by atoms with van der Waals surface area (Å²) in [6.45, 7) is 5.97. The van der Waals surface area contributed by atoms with E-state index in [4.69, 9.17) is 9.47 Å². The second-order valence-electron chi connectivity index (χ2n) is 4.87. The van der Waals surface area contributed by atoms with Crippen molar-refractivity contribution < 1.29 is 29.1 Å². The Hall–Kier alpha value is -2.58. The van der Waals surface area contributed by atoms with E-state index < -0.39 is 23.4 Å². The number of amides is 1. The standard InChI is InChI=1S/C14H21N3O6/c1-5-22-12(19)14(16-10(4)18,13(20)23-6-2)7-11-9(3)8-15-17(11)21/h8,21H,5-7H2,1-4H3,(H,16,18). The van der Waals surface area contributed by atoms with Gasteiger partial charge in [0.05, 0.1) is 25.1 Å². The van der Waals surface area contributed by atoms with Crippen LogP contribution in [-0.2, 0) is 30.3 Å². The Bertz CT molecular complexity index is 558. The van der Waals surface area contributed by atoms with Crippen LogP contribution in [0.3, 0.4) is 0 Å². The fourth-order valence-corrected chi connectivity index (χ4v) is 2.09. The van der Waals surface area contributed by atoms with E-state index in [0.29, 0.717) is 10.4 Å². The number of carbonyl (C=O) groups excluding carboxylic acids is 3. The molecular weight excluding hydrogens is 306 g/mol. The SMILES string of the molecule is CCOC(=O)C(Cc1c(C)cnn1O)(NC(C)=O)C(=O)OCC. The van der Waals surface area contributed by atoms with Gasteiger partial charge < -0.3 is 20.0 Å². The number of hydrogen-bond donors (Lipinski definition) is 2. The number of aryl methyl sites for hydroxylation is 1. The number of carbonyl (C=O) groups is 3. The van der Waals surface area contributed by atoms with Crippen molar-refractivity contribution in [3.8, 4) is 0 Å². The topological polar surface area (TPSA) is 120 Å². The minimum atomic E-state index is -2.09. The Labute approximate surface area is 133 Å². The average Bonchev–Trinajstić information content (AvgIpc) is 2.78. The first-order valence-corrected chi connectivity index (χ1v) is 7.14. The van der Waals surface area contributed by atoms with Crippen LogP contribution in [-0.4, -0.2) is 51.7 Å². The molecule has 0 aromatic carbocycles. The van der Waals surface area contributed by atoms with E-state index in [9.17, 15) is 19.6 Å². The van der Waals surface area contributed by atoms with Gasteiger partial charge in [-0.2, -0.15) is 0 Å². The molecule has 2 N–H and O–H groups in total. The molecule has 0 spiro atoms. The third-order valence-electron chi connectivity index (χ3n) is 3.13. The zero-order chi connectivity index (χ0) is 17.6. The summed E-state index contributed by atoms with van der Waals surface area (Å²) in [7, 11) is 0. The smallest absolute Gasteiger partial charge is 0.344 e. The second-order valence-corrected chi connectivity index (χ2v) is 4.87. The first-order valence-electron chi connectivity index (χ1n) is 7.14. The van der Waals surface area contributed by atoms with Gasteiger partial charge in [0.2, 0.25) is 11.4 Å². The van der Waals surface area contributed by atoms with Gasteiger partial charge >= 0.3 is 11.9 Å². The van der Waals surface area contributed by atoms with Gasteiger partial charge in [-0.1, -0.05) is 0 Å². The maximum absolute atomic E-state index is 12.4. The minimum Gasteiger partial charge on any atom is -0.464 e. The van der Waals surface area contributed by atoms with Crippen LogP contribution in [0.4, 0.5) is 0 Å². The molecule has 0 bridgehead atoms. The van der Waals surface area contributed by atoms with Gasteiger partial charge in [-0.15, -0.1) is 9.94 Å². The summed E-state index contributed by atoms with van der Waals surface area (Å²) in [6.07, 6.45) is 1.01. The lowest BCUT2D eigenvalue weighted by Crippen LogP contribution is -2.62. The van der Waals surface area contributed by atoms with E-state index in [1.54, 1.807) is 20.8 Å². The van der Waals surface area contributed by atoms with Gasteiger partial charge in [-0.05, 0) is 26.3 Å². The van der Waals surface area contributed by atoms with Crippen LogP contribution in [0, 0.1) is 6.92 Å². The Kier molecular flexibility index (Phi) is 6.11. The summed E-state index contributed by atoms with van der Waals surface area (Å²) in [5, 5.41) is 15.7. The third kappa shape index (κ3) is 3.99. The highest BCUT2D eigenvalue weighted by Crippen LogP contribution is 2.20. The molecule has 1 aromatic heterocycles. The van der Waals surface area contributed by atoms with Crippen molar-refractivity contribution in [1.82, 2.24) is 15.3 Å². The molecule has 0 aliphatic heterocycles. The van der Waals surface area contributed by atoms with Crippen LogP contribution in [0.5, 0.6) is 0 Å². The van der Waals surface area contributed by atoms with Crippen molar-refractivity contribution in [3.05, 3.63) is 17.5 Å². The summed E-state index contributed by atoms with van der Waals surface area (Å²) < 4.78 is 9.88. The number of esters is 2. The summed E-state index contributed by atoms with van der Waals surface area (Å²) in [5.41, 5.74) is -1.38. The van der Waals surface area contributed by atoms with Crippen LogP contribution in [0.25, 0.3) is 0 Å². The fourth-order valence-electron chi connectivity index (χ4n) is 2.09. The number of hydrogen-bond acceptors (Lipinski definition) is 7. The monoisotopic (exact) mass is 327 g/mol. The fraction of sp³-hybridized carbons (Fsp3) is 0.571. The Morgan fingerprint density at radius 3 is 2.13 bits per heavy atom. The normalized spacial score (nSPS) is 11.0. The van der Waals surface area contributed by atoms with Crippen molar-refractivity contribution in [1.29, 1.82) is 0 Å². The molecule has 128 valence electrons. The molecule has 0 fully saturated rings. The van der Waals surface area contributed by atoms with Crippen molar-refractivity contribution in [2.75, 3.05) is 13.2 Å². The highest BCUT2D eigenvalue weighted by molar-refractivity contribution is 6.08. The van der Waals surface area contributed by atoms with Crippen molar-refractivity contribution in [2.24, 2.45) is 0 Å². The average molecular weight is 327 g/mol. The van der Waals surface area contributed by atoms with Gasteiger partial charge in [-0.3, -0.25) is 4.79 Å². The number of ether oxygens (including phenoxy) is 2. The lowest BCUT2D eigenvalue weighted by atomic mass is 9.91. The molecular formula is C14H21N3O6. The van der Waals surface area contributed by atoms with E-state index in [0.717, 1.165) is 6.92 Å². The van der Waals surface area contributed by atoms with Gasteiger partial charge in [0.25, 0.3) is 0 Å². The van der Waals surface area contributed by atoms with Gasteiger partial charge in [0.1, 0.15) is 0 Å². The van der Waals surface area contributed by atoms with E-state index in [-0.39, 0.29) is 25.3 Å². The Morgan fingerprint density at radius 2 is 1.78 bits per heavy atom. The van der Waals surface area contributed by atoms with Crippen LogP contribution in [0.2, 0.25) is 0 Å². The van der Waals surface area contributed by atoms with E-state index in [2.05, 4.69) is 10.4 Å². The Morgan fingerprint density at radius 1 is 1.26 bits per heavy atom. The first-order chi connectivity index (χ1) is 10.8. The zero-order valence-corrected chi connectivity index (χ0v) is 13.6. The molecule has 0 radical (unpaired) electrons. The number of rotatable bonds is 7. The van der Waals surface area contributed by atoms with Crippen molar-refractivity contribution >= 4 is 17.8 Å². The third-order valence-corrected chi connectivity index (χ3v) is 3.13. The molecule has 0 atom stereocenters. The molecule has 9 heteroatoms. The summed E-state index contributed by atoms with van der Waals surface area (Å²) in [4.78, 5) is 36.9. The van der Waals surface area contributed by atoms with Crippen LogP contribution in [0.1, 0.15) is 32.0 Å². The van der Waals surface area contributed by atoms with Crippen LogP contribution >= 0.6 is 0 Å². The van der Waals surface area contributed by atoms with E-state index in [1.807, 2.05) is 0 Å². The molecule has 0 unspecified atom stereocenters. The summed E-state index contributed by atoms with van der Waals surface area (Å²) >= 11 is 0. The number of nitrogens with zero attached hydrogens (tertiary/aromatic N) is 2. The molecule has 0 aliphatic rings. The van der Waals surface area contributed by atoms with Crippen LogP contribution < -0.4 is 5.32 Å². The van der Waals surface area contributed by atoms with Gasteiger partial charge in [0.15, 0.2) is 0 Å². The number of nitrogens with one attached hydrogen (secondary N) is 1. The maximum atomic E-state index is 12.4. The van der Waals surface area contributed by atoms with E-state index >= 15 is 0 Å². The lowest BCUT2D eigenvalue weighted by Gasteiger charge is -2.29. The predicted molar refractivity (Wildman–Crippen MR) is 77.7 cm³/mol. The van der Waals surface area contributed by atoms with E-state index in [1.165, 1.54) is 6.20 Å². The molecule has 9 nitrogen and oxygen atoms in total. The number of aromatic nitrogens is 2. The van der Waals surface area contributed by atoms with Crippen molar-refractivity contribution in [3.63, 3.8) is 0 Å². The van der Waals surface area contributed by atoms with Gasteiger partial charge in [-0.25, -0.2) is 9.59 Å². The lowest BCUT2D eigenvalue weighted by molar-refractivity contribution is -0.168. The quantitative estimate of drug-likeness (QED) is 0.410. The summed E-state index contributed by atoms with van der Waals surface area (Å²) in [6, 6.07) is 0. The molecule has 1 heterocycles. The first kappa shape index (κ1) is 18.5.